The second-order valence-corrected chi connectivity index (χ2v) is 6.09. The summed E-state index contributed by atoms with van der Waals surface area (Å²) in [5, 5.41) is 8.75. The molecule has 0 unspecified atom stereocenters. The summed E-state index contributed by atoms with van der Waals surface area (Å²) < 4.78 is 10.9. The molecule has 0 bridgehead atoms. The SMILES string of the molecule is Cc1oc(-c2ccccc2)nc1CC(=O)NNC(=O)COc1ccc(C#N)cc1. The zero-order valence-corrected chi connectivity index (χ0v) is 15.6. The fraction of sp³-hybridized carbons (Fsp3) is 0.143. The number of nitrogens with zero attached hydrogens (tertiary/aromatic N) is 2. The van der Waals surface area contributed by atoms with Crippen LogP contribution in [0.25, 0.3) is 11.5 Å². The Labute approximate surface area is 167 Å². The predicted octanol–water partition coefficient (Wildman–Crippen LogP) is 2.29. The number of aromatic nitrogens is 1. The highest BCUT2D eigenvalue weighted by atomic mass is 16.5. The van der Waals surface area contributed by atoms with Crippen LogP contribution in [0.4, 0.5) is 0 Å². The van der Waals surface area contributed by atoms with Gasteiger partial charge in [-0.2, -0.15) is 5.26 Å². The Kier molecular flexibility index (Phi) is 6.22. The van der Waals surface area contributed by atoms with Gasteiger partial charge in [-0.15, -0.1) is 0 Å². The molecule has 3 aromatic rings. The van der Waals surface area contributed by atoms with Crippen molar-refractivity contribution in [2.75, 3.05) is 6.61 Å². The van der Waals surface area contributed by atoms with E-state index in [2.05, 4.69) is 15.8 Å². The van der Waals surface area contributed by atoms with Crippen molar-refractivity contribution in [2.45, 2.75) is 13.3 Å². The number of oxazole rings is 1. The number of hydrogen-bond acceptors (Lipinski definition) is 6. The number of hydrazine groups is 1. The third kappa shape index (κ3) is 5.43. The molecule has 8 nitrogen and oxygen atoms in total. The molecule has 0 aliphatic rings. The molecule has 0 aliphatic heterocycles. The Morgan fingerprint density at radius 3 is 2.45 bits per heavy atom. The van der Waals surface area contributed by atoms with E-state index in [1.54, 1.807) is 31.2 Å². The molecule has 0 saturated carbocycles. The van der Waals surface area contributed by atoms with Crippen LogP contribution >= 0.6 is 0 Å². The number of ether oxygens (including phenoxy) is 1. The van der Waals surface area contributed by atoms with Gasteiger partial charge in [0.15, 0.2) is 6.61 Å². The third-order valence-corrected chi connectivity index (χ3v) is 3.94. The monoisotopic (exact) mass is 390 g/mol. The van der Waals surface area contributed by atoms with Crippen LogP contribution in [-0.2, 0) is 16.0 Å². The predicted molar refractivity (Wildman–Crippen MR) is 103 cm³/mol. The van der Waals surface area contributed by atoms with Gasteiger partial charge in [0.2, 0.25) is 11.8 Å². The van der Waals surface area contributed by atoms with Crippen LogP contribution in [0.3, 0.4) is 0 Å². The van der Waals surface area contributed by atoms with E-state index in [0.717, 1.165) is 5.56 Å². The van der Waals surface area contributed by atoms with E-state index in [1.807, 2.05) is 36.4 Å². The first-order chi connectivity index (χ1) is 14.0. The molecule has 0 aliphatic carbocycles. The zero-order chi connectivity index (χ0) is 20.6. The maximum Gasteiger partial charge on any atom is 0.276 e. The fourth-order valence-electron chi connectivity index (χ4n) is 2.44. The Bertz CT molecular complexity index is 1040. The molecule has 1 heterocycles. The molecule has 8 heteroatoms. The molecule has 0 spiro atoms. The number of benzene rings is 2. The highest BCUT2D eigenvalue weighted by Gasteiger charge is 2.15. The molecule has 1 aromatic heterocycles. The average Bonchev–Trinajstić information content (AvgIpc) is 3.12. The van der Waals surface area contributed by atoms with Gasteiger partial charge in [-0.25, -0.2) is 4.98 Å². The van der Waals surface area contributed by atoms with Crippen molar-refractivity contribution in [1.29, 1.82) is 5.26 Å². The quantitative estimate of drug-likeness (QED) is 0.624. The number of hydrogen-bond donors (Lipinski definition) is 2. The van der Waals surface area contributed by atoms with Crippen molar-refractivity contribution < 1.29 is 18.7 Å². The molecular weight excluding hydrogens is 372 g/mol. The molecule has 2 amide bonds. The summed E-state index contributed by atoms with van der Waals surface area (Å²) in [5.41, 5.74) is 6.40. The van der Waals surface area contributed by atoms with E-state index in [4.69, 9.17) is 14.4 Å². The lowest BCUT2D eigenvalue weighted by Crippen LogP contribution is -2.44. The molecule has 0 atom stereocenters. The van der Waals surface area contributed by atoms with Gasteiger partial charge in [-0.1, -0.05) is 18.2 Å². The van der Waals surface area contributed by atoms with E-state index in [1.165, 1.54) is 0 Å². The van der Waals surface area contributed by atoms with Gasteiger partial charge >= 0.3 is 0 Å². The minimum absolute atomic E-state index is 0.0427. The van der Waals surface area contributed by atoms with E-state index in [0.29, 0.717) is 28.7 Å². The fourth-order valence-corrected chi connectivity index (χ4v) is 2.44. The standard InChI is InChI=1S/C21H18N4O4/c1-14-18(23-21(29-14)16-5-3-2-4-6-16)11-19(26)24-25-20(27)13-28-17-9-7-15(12-22)8-10-17/h2-10H,11,13H2,1H3,(H,24,26)(H,25,27). The molecule has 0 radical (unpaired) electrons. The van der Waals surface area contributed by atoms with Crippen molar-refractivity contribution in [3.63, 3.8) is 0 Å². The first-order valence-corrected chi connectivity index (χ1v) is 8.77. The largest absolute Gasteiger partial charge is 0.484 e. The molecule has 2 aromatic carbocycles. The van der Waals surface area contributed by atoms with E-state index in [9.17, 15) is 9.59 Å². The highest BCUT2D eigenvalue weighted by Crippen LogP contribution is 2.21. The zero-order valence-electron chi connectivity index (χ0n) is 15.6. The summed E-state index contributed by atoms with van der Waals surface area (Å²) in [4.78, 5) is 28.2. The van der Waals surface area contributed by atoms with Gasteiger partial charge in [0.25, 0.3) is 5.91 Å². The maximum atomic E-state index is 12.1. The Hall–Kier alpha value is -4.12. The number of nitrogens with one attached hydrogen (secondary N) is 2. The first-order valence-electron chi connectivity index (χ1n) is 8.77. The average molecular weight is 390 g/mol. The van der Waals surface area contributed by atoms with E-state index in [-0.39, 0.29) is 13.0 Å². The van der Waals surface area contributed by atoms with Crippen LogP contribution in [-0.4, -0.2) is 23.4 Å². The van der Waals surface area contributed by atoms with Crippen LogP contribution in [0.5, 0.6) is 5.75 Å². The van der Waals surface area contributed by atoms with Crippen LogP contribution < -0.4 is 15.6 Å². The molecule has 2 N–H and O–H groups in total. The molecule has 3 rings (SSSR count). The van der Waals surface area contributed by atoms with Crippen molar-refractivity contribution in [3.05, 3.63) is 71.6 Å². The molecule has 146 valence electrons. The lowest BCUT2D eigenvalue weighted by molar-refractivity contribution is -0.129. The van der Waals surface area contributed by atoms with E-state index >= 15 is 0 Å². The van der Waals surface area contributed by atoms with Crippen LogP contribution in [0.1, 0.15) is 17.0 Å². The van der Waals surface area contributed by atoms with Crippen molar-refractivity contribution in [2.24, 2.45) is 0 Å². The van der Waals surface area contributed by atoms with Crippen molar-refractivity contribution in [3.8, 4) is 23.3 Å². The topological polar surface area (TPSA) is 117 Å². The molecular formula is C21H18N4O4. The second-order valence-electron chi connectivity index (χ2n) is 6.09. The smallest absolute Gasteiger partial charge is 0.276 e. The van der Waals surface area contributed by atoms with Crippen LogP contribution in [0.15, 0.2) is 59.0 Å². The first kappa shape index (κ1) is 19.6. The summed E-state index contributed by atoms with van der Waals surface area (Å²) in [6.07, 6.45) is -0.0427. The van der Waals surface area contributed by atoms with Crippen LogP contribution in [0.2, 0.25) is 0 Å². The lowest BCUT2D eigenvalue weighted by Gasteiger charge is -2.08. The number of rotatable bonds is 6. The molecule has 29 heavy (non-hydrogen) atoms. The Balaban J connectivity index is 1.46. The lowest BCUT2D eigenvalue weighted by atomic mass is 10.2. The highest BCUT2D eigenvalue weighted by molar-refractivity contribution is 5.83. The molecule has 0 fully saturated rings. The van der Waals surface area contributed by atoms with Crippen molar-refractivity contribution >= 4 is 11.8 Å². The van der Waals surface area contributed by atoms with Gasteiger partial charge in [0.1, 0.15) is 11.5 Å². The Morgan fingerprint density at radius 1 is 1.07 bits per heavy atom. The summed E-state index contributed by atoms with van der Waals surface area (Å²) in [5.74, 6) is 0.453. The minimum Gasteiger partial charge on any atom is -0.484 e. The number of carbonyl (C=O) groups is 2. The number of aryl methyl sites for hydroxylation is 1. The summed E-state index contributed by atoms with van der Waals surface area (Å²) in [6, 6.07) is 17.7. The van der Waals surface area contributed by atoms with Crippen LogP contribution in [0, 0.1) is 18.3 Å². The van der Waals surface area contributed by atoms with Gasteiger partial charge in [-0.05, 0) is 43.3 Å². The third-order valence-electron chi connectivity index (χ3n) is 3.94. The van der Waals surface area contributed by atoms with E-state index < -0.39 is 11.8 Å². The second kappa shape index (κ2) is 9.19. The summed E-state index contributed by atoms with van der Waals surface area (Å²) in [7, 11) is 0. The normalized spacial score (nSPS) is 10.1. The van der Waals surface area contributed by atoms with Crippen molar-refractivity contribution in [1.82, 2.24) is 15.8 Å². The minimum atomic E-state index is -0.524. The van der Waals surface area contributed by atoms with Gasteiger partial charge < -0.3 is 9.15 Å². The number of nitriles is 1. The van der Waals surface area contributed by atoms with Gasteiger partial charge in [0, 0.05) is 5.56 Å². The molecule has 0 saturated heterocycles. The Morgan fingerprint density at radius 2 is 1.76 bits per heavy atom. The van der Waals surface area contributed by atoms with Gasteiger partial charge in [0.05, 0.1) is 23.7 Å². The van der Waals surface area contributed by atoms with Gasteiger partial charge in [-0.3, -0.25) is 20.4 Å². The number of amides is 2. The summed E-state index contributed by atoms with van der Waals surface area (Å²) in [6.45, 7) is 1.44. The number of carbonyl (C=O) groups excluding carboxylic acids is 2. The summed E-state index contributed by atoms with van der Waals surface area (Å²) >= 11 is 0. The maximum absolute atomic E-state index is 12.1.